The number of ether oxygens (including phenoxy) is 2. The SMILES string of the molecule is CCNC(C)CCCCN(CCOCC)CCOCC. The molecular formula is C16H36N2O2. The summed E-state index contributed by atoms with van der Waals surface area (Å²) in [6.07, 6.45) is 3.81. The van der Waals surface area contributed by atoms with Crippen molar-refractivity contribution in [1.29, 1.82) is 0 Å². The maximum Gasteiger partial charge on any atom is 0.0593 e. The van der Waals surface area contributed by atoms with Crippen molar-refractivity contribution in [3.8, 4) is 0 Å². The predicted molar refractivity (Wildman–Crippen MR) is 86.4 cm³/mol. The molecule has 0 rings (SSSR count). The molecule has 0 amide bonds. The van der Waals surface area contributed by atoms with E-state index in [-0.39, 0.29) is 0 Å². The van der Waals surface area contributed by atoms with Gasteiger partial charge in [-0.1, -0.05) is 13.3 Å². The van der Waals surface area contributed by atoms with E-state index in [1.54, 1.807) is 0 Å². The van der Waals surface area contributed by atoms with Gasteiger partial charge in [-0.15, -0.1) is 0 Å². The number of rotatable bonds is 15. The van der Waals surface area contributed by atoms with Gasteiger partial charge in [0.25, 0.3) is 0 Å². The van der Waals surface area contributed by atoms with Crippen molar-refractivity contribution < 1.29 is 9.47 Å². The standard InChI is InChI=1S/C16H36N2O2/c1-5-17-16(4)10-8-9-11-18(12-14-19-6-2)13-15-20-7-3/h16-17H,5-15H2,1-4H3. The van der Waals surface area contributed by atoms with E-state index in [4.69, 9.17) is 9.47 Å². The van der Waals surface area contributed by atoms with Gasteiger partial charge in [0.05, 0.1) is 13.2 Å². The van der Waals surface area contributed by atoms with E-state index in [9.17, 15) is 0 Å². The normalized spacial score (nSPS) is 13.1. The molecular weight excluding hydrogens is 252 g/mol. The molecule has 0 aliphatic carbocycles. The van der Waals surface area contributed by atoms with Crippen molar-refractivity contribution in [2.45, 2.75) is 53.0 Å². The second-order valence-electron chi connectivity index (χ2n) is 5.19. The zero-order chi connectivity index (χ0) is 15.1. The van der Waals surface area contributed by atoms with Crippen LogP contribution in [0.5, 0.6) is 0 Å². The molecule has 0 heterocycles. The van der Waals surface area contributed by atoms with Crippen LogP contribution in [0.15, 0.2) is 0 Å². The molecule has 0 bridgehead atoms. The summed E-state index contributed by atoms with van der Waals surface area (Å²) >= 11 is 0. The Labute approximate surface area is 126 Å². The Morgan fingerprint density at radius 2 is 1.50 bits per heavy atom. The zero-order valence-electron chi connectivity index (χ0n) is 14.1. The minimum atomic E-state index is 0.639. The molecule has 0 fully saturated rings. The molecule has 20 heavy (non-hydrogen) atoms. The molecule has 0 aromatic rings. The lowest BCUT2D eigenvalue weighted by atomic mass is 10.1. The summed E-state index contributed by atoms with van der Waals surface area (Å²) in [4.78, 5) is 2.46. The van der Waals surface area contributed by atoms with E-state index < -0.39 is 0 Å². The summed E-state index contributed by atoms with van der Waals surface area (Å²) in [5, 5.41) is 3.46. The lowest BCUT2D eigenvalue weighted by Gasteiger charge is -2.22. The Kier molecular flexibility index (Phi) is 15.1. The third-order valence-electron chi connectivity index (χ3n) is 3.43. The molecule has 0 saturated carbocycles. The van der Waals surface area contributed by atoms with E-state index in [1.165, 1.54) is 19.3 Å². The highest BCUT2D eigenvalue weighted by Gasteiger charge is 2.05. The molecule has 122 valence electrons. The number of hydrogen-bond donors (Lipinski definition) is 1. The lowest BCUT2D eigenvalue weighted by Crippen LogP contribution is -2.32. The molecule has 0 aromatic heterocycles. The first-order valence-corrected chi connectivity index (χ1v) is 8.35. The van der Waals surface area contributed by atoms with Crippen LogP contribution in [0.3, 0.4) is 0 Å². The first-order valence-electron chi connectivity index (χ1n) is 8.35. The molecule has 0 aromatic carbocycles. The van der Waals surface area contributed by atoms with Gasteiger partial charge in [0.2, 0.25) is 0 Å². The Bertz CT molecular complexity index is 181. The van der Waals surface area contributed by atoms with Crippen molar-refractivity contribution >= 4 is 0 Å². The van der Waals surface area contributed by atoms with Crippen LogP contribution in [0.4, 0.5) is 0 Å². The monoisotopic (exact) mass is 288 g/mol. The molecule has 1 atom stereocenters. The van der Waals surface area contributed by atoms with Crippen molar-refractivity contribution in [2.24, 2.45) is 0 Å². The molecule has 0 radical (unpaired) electrons. The maximum absolute atomic E-state index is 5.45. The second kappa shape index (κ2) is 15.2. The van der Waals surface area contributed by atoms with Crippen molar-refractivity contribution in [1.82, 2.24) is 10.2 Å². The van der Waals surface area contributed by atoms with Crippen LogP contribution in [-0.4, -0.2) is 63.5 Å². The van der Waals surface area contributed by atoms with E-state index in [1.807, 2.05) is 13.8 Å². The number of unbranched alkanes of at least 4 members (excludes halogenated alkanes) is 1. The van der Waals surface area contributed by atoms with Crippen LogP contribution in [0.25, 0.3) is 0 Å². The fourth-order valence-electron chi connectivity index (χ4n) is 2.25. The van der Waals surface area contributed by atoms with Crippen molar-refractivity contribution in [3.63, 3.8) is 0 Å². The van der Waals surface area contributed by atoms with Gasteiger partial charge in [-0.3, -0.25) is 4.90 Å². The molecule has 1 unspecified atom stereocenters. The summed E-state index contributed by atoms with van der Waals surface area (Å²) < 4.78 is 10.9. The van der Waals surface area contributed by atoms with E-state index in [0.717, 1.165) is 52.6 Å². The molecule has 0 spiro atoms. The van der Waals surface area contributed by atoms with Crippen LogP contribution in [0, 0.1) is 0 Å². The molecule has 0 aliphatic rings. The summed E-state index contributed by atoms with van der Waals surface area (Å²) in [5.74, 6) is 0. The van der Waals surface area contributed by atoms with E-state index in [0.29, 0.717) is 6.04 Å². The fraction of sp³-hybridized carbons (Fsp3) is 1.00. The largest absolute Gasteiger partial charge is 0.380 e. The second-order valence-corrected chi connectivity index (χ2v) is 5.19. The third kappa shape index (κ3) is 12.9. The van der Waals surface area contributed by atoms with Crippen LogP contribution >= 0.6 is 0 Å². The van der Waals surface area contributed by atoms with Gasteiger partial charge in [-0.25, -0.2) is 0 Å². The van der Waals surface area contributed by atoms with Crippen LogP contribution in [-0.2, 0) is 9.47 Å². The molecule has 4 nitrogen and oxygen atoms in total. The molecule has 0 aliphatic heterocycles. The minimum absolute atomic E-state index is 0.639. The molecule has 4 heteroatoms. The van der Waals surface area contributed by atoms with Crippen molar-refractivity contribution in [3.05, 3.63) is 0 Å². The highest BCUT2D eigenvalue weighted by molar-refractivity contribution is 4.62. The Morgan fingerprint density at radius 1 is 0.900 bits per heavy atom. The Morgan fingerprint density at radius 3 is 2.00 bits per heavy atom. The van der Waals surface area contributed by atoms with Gasteiger partial charge < -0.3 is 14.8 Å². The average Bonchev–Trinajstić information content (AvgIpc) is 2.43. The third-order valence-corrected chi connectivity index (χ3v) is 3.43. The Balaban J connectivity index is 3.71. The number of nitrogens with one attached hydrogen (secondary N) is 1. The average molecular weight is 288 g/mol. The summed E-state index contributed by atoms with van der Waals surface area (Å²) in [6, 6.07) is 0.639. The Hall–Kier alpha value is -0.160. The first-order chi connectivity index (χ1) is 9.74. The van der Waals surface area contributed by atoms with Gasteiger partial charge in [0, 0.05) is 32.3 Å². The van der Waals surface area contributed by atoms with Gasteiger partial charge in [0.15, 0.2) is 0 Å². The summed E-state index contributed by atoms with van der Waals surface area (Å²) in [5.41, 5.74) is 0. The van der Waals surface area contributed by atoms with Gasteiger partial charge in [0.1, 0.15) is 0 Å². The van der Waals surface area contributed by atoms with Gasteiger partial charge >= 0.3 is 0 Å². The van der Waals surface area contributed by atoms with Gasteiger partial charge in [-0.05, 0) is 46.7 Å². The zero-order valence-corrected chi connectivity index (χ0v) is 14.1. The minimum Gasteiger partial charge on any atom is -0.380 e. The number of nitrogens with zero attached hydrogens (tertiary/aromatic N) is 1. The van der Waals surface area contributed by atoms with E-state index in [2.05, 4.69) is 24.1 Å². The summed E-state index contributed by atoms with van der Waals surface area (Å²) in [7, 11) is 0. The van der Waals surface area contributed by atoms with Crippen LogP contribution in [0.2, 0.25) is 0 Å². The number of hydrogen-bond acceptors (Lipinski definition) is 4. The topological polar surface area (TPSA) is 33.7 Å². The fourth-order valence-corrected chi connectivity index (χ4v) is 2.25. The van der Waals surface area contributed by atoms with Gasteiger partial charge in [-0.2, -0.15) is 0 Å². The highest BCUT2D eigenvalue weighted by Crippen LogP contribution is 2.03. The molecule has 0 saturated heterocycles. The summed E-state index contributed by atoms with van der Waals surface area (Å²) in [6.45, 7) is 16.1. The predicted octanol–water partition coefficient (Wildman–Crippen LogP) is 2.53. The molecule has 1 N–H and O–H groups in total. The van der Waals surface area contributed by atoms with Crippen molar-refractivity contribution in [2.75, 3.05) is 52.6 Å². The highest BCUT2D eigenvalue weighted by atomic mass is 16.5. The van der Waals surface area contributed by atoms with Crippen LogP contribution < -0.4 is 5.32 Å². The maximum atomic E-state index is 5.45. The smallest absolute Gasteiger partial charge is 0.0593 e. The van der Waals surface area contributed by atoms with Crippen LogP contribution in [0.1, 0.15) is 47.0 Å². The quantitative estimate of drug-likeness (QED) is 0.470. The van der Waals surface area contributed by atoms with E-state index >= 15 is 0 Å². The first kappa shape index (κ1) is 19.8. The lowest BCUT2D eigenvalue weighted by molar-refractivity contribution is 0.0819.